The topological polar surface area (TPSA) is 85.8 Å². The van der Waals surface area contributed by atoms with E-state index in [4.69, 9.17) is 4.42 Å². The summed E-state index contributed by atoms with van der Waals surface area (Å²) < 4.78 is 59.9. The summed E-state index contributed by atoms with van der Waals surface area (Å²) in [5, 5.41) is 6.08. The zero-order valence-corrected chi connectivity index (χ0v) is 17.0. The standard InChI is InChI=1S/C21H19F4N5O2/c1-30-16(8-17(29-30)21(23,24)25)19(31)27-13-3-2-4-14-18(13)32-20(28-14)11-7-15(10-5-6-10)26-9-12(11)22/h7-10,13H,2-6H2,1H3,(H,27,31)/t13-/m0/s1. The summed E-state index contributed by atoms with van der Waals surface area (Å²) >= 11 is 0. The van der Waals surface area contributed by atoms with E-state index in [0.29, 0.717) is 42.7 Å². The molecular formula is C21H19F4N5O2. The summed E-state index contributed by atoms with van der Waals surface area (Å²) in [5.41, 5.74) is 0.234. The first kappa shape index (κ1) is 20.7. The summed E-state index contributed by atoms with van der Waals surface area (Å²) in [4.78, 5) is 21.2. The highest BCUT2D eigenvalue weighted by atomic mass is 19.4. The van der Waals surface area contributed by atoms with E-state index in [0.717, 1.165) is 29.4 Å². The number of oxazole rings is 1. The largest absolute Gasteiger partial charge is 0.439 e. The number of carbonyl (C=O) groups excluding carboxylic acids is 1. The number of aryl methyl sites for hydroxylation is 2. The van der Waals surface area contributed by atoms with Gasteiger partial charge in [-0.2, -0.15) is 18.3 Å². The molecule has 3 heterocycles. The Labute approximate surface area is 179 Å². The Balaban J connectivity index is 1.41. The molecule has 1 fully saturated rings. The molecular weight excluding hydrogens is 430 g/mol. The SMILES string of the molecule is Cn1nc(C(F)(F)F)cc1C(=O)N[C@H]1CCCc2nc(-c3cc(C4CC4)ncc3F)oc21. The van der Waals surface area contributed by atoms with Gasteiger partial charge in [0.05, 0.1) is 23.5 Å². The van der Waals surface area contributed by atoms with Gasteiger partial charge < -0.3 is 9.73 Å². The minimum atomic E-state index is -4.65. The molecule has 0 saturated heterocycles. The molecule has 1 amide bonds. The third-order valence-corrected chi connectivity index (χ3v) is 5.76. The second kappa shape index (κ2) is 7.42. The average molecular weight is 449 g/mol. The van der Waals surface area contributed by atoms with Crippen molar-refractivity contribution < 1.29 is 26.8 Å². The van der Waals surface area contributed by atoms with Gasteiger partial charge in [-0.15, -0.1) is 0 Å². The van der Waals surface area contributed by atoms with Crippen molar-refractivity contribution in [1.29, 1.82) is 0 Å². The van der Waals surface area contributed by atoms with E-state index in [9.17, 15) is 22.4 Å². The van der Waals surface area contributed by atoms with Crippen LogP contribution in [-0.4, -0.2) is 25.7 Å². The lowest BCUT2D eigenvalue weighted by Crippen LogP contribution is -2.31. The number of fused-ring (bicyclic) bond motifs is 1. The van der Waals surface area contributed by atoms with Gasteiger partial charge in [-0.3, -0.25) is 14.5 Å². The maximum Gasteiger partial charge on any atom is 0.435 e. The molecule has 11 heteroatoms. The molecule has 3 aromatic rings. The molecule has 0 aromatic carbocycles. The van der Waals surface area contributed by atoms with Crippen molar-refractivity contribution in [2.75, 3.05) is 0 Å². The first-order valence-electron chi connectivity index (χ1n) is 10.3. The van der Waals surface area contributed by atoms with Crippen LogP contribution in [0.4, 0.5) is 17.6 Å². The average Bonchev–Trinajstić information content (AvgIpc) is 3.35. The van der Waals surface area contributed by atoms with Crippen LogP contribution in [0.25, 0.3) is 11.5 Å². The van der Waals surface area contributed by atoms with Crippen LogP contribution in [0.1, 0.15) is 71.0 Å². The quantitative estimate of drug-likeness (QED) is 0.600. The van der Waals surface area contributed by atoms with E-state index in [2.05, 4.69) is 20.4 Å². The van der Waals surface area contributed by atoms with Gasteiger partial charge in [0.15, 0.2) is 11.5 Å². The molecule has 0 aliphatic heterocycles. The molecule has 7 nitrogen and oxygen atoms in total. The molecule has 0 bridgehead atoms. The van der Waals surface area contributed by atoms with Crippen molar-refractivity contribution in [1.82, 2.24) is 25.1 Å². The maximum atomic E-state index is 14.4. The van der Waals surface area contributed by atoms with E-state index in [1.807, 2.05) is 0 Å². The van der Waals surface area contributed by atoms with Gasteiger partial charge in [0.2, 0.25) is 5.89 Å². The molecule has 0 unspecified atom stereocenters. The minimum absolute atomic E-state index is 0.109. The molecule has 1 saturated carbocycles. The molecule has 0 radical (unpaired) electrons. The lowest BCUT2D eigenvalue weighted by Gasteiger charge is -2.21. The number of rotatable bonds is 4. The van der Waals surface area contributed by atoms with Gasteiger partial charge in [-0.05, 0) is 38.2 Å². The van der Waals surface area contributed by atoms with Gasteiger partial charge in [0.25, 0.3) is 5.91 Å². The number of carbonyl (C=O) groups is 1. The summed E-state index contributed by atoms with van der Waals surface area (Å²) in [6.45, 7) is 0. The zero-order valence-electron chi connectivity index (χ0n) is 17.0. The van der Waals surface area contributed by atoms with E-state index in [1.54, 1.807) is 6.07 Å². The number of nitrogens with one attached hydrogen (secondary N) is 1. The highest BCUT2D eigenvalue weighted by Crippen LogP contribution is 2.41. The fraction of sp³-hybridized carbons (Fsp3) is 0.429. The van der Waals surface area contributed by atoms with Gasteiger partial charge in [-0.1, -0.05) is 0 Å². The molecule has 2 aliphatic carbocycles. The Morgan fingerprint density at radius 1 is 1.25 bits per heavy atom. The van der Waals surface area contributed by atoms with Crippen LogP contribution in [0.3, 0.4) is 0 Å². The van der Waals surface area contributed by atoms with Crippen LogP contribution in [0.2, 0.25) is 0 Å². The second-order valence-corrected chi connectivity index (χ2v) is 8.15. The van der Waals surface area contributed by atoms with E-state index < -0.39 is 29.6 Å². The zero-order chi connectivity index (χ0) is 22.6. The Hall–Kier alpha value is -3.24. The first-order chi connectivity index (χ1) is 15.2. The molecule has 32 heavy (non-hydrogen) atoms. The van der Waals surface area contributed by atoms with E-state index in [-0.39, 0.29) is 17.1 Å². The predicted octanol–water partition coefficient (Wildman–Crippen LogP) is 4.31. The third kappa shape index (κ3) is 3.76. The predicted molar refractivity (Wildman–Crippen MR) is 103 cm³/mol. The van der Waals surface area contributed by atoms with Crippen molar-refractivity contribution >= 4 is 5.91 Å². The molecule has 1 N–H and O–H groups in total. The maximum absolute atomic E-state index is 14.4. The fourth-order valence-electron chi connectivity index (χ4n) is 3.94. The number of aromatic nitrogens is 4. The smallest absolute Gasteiger partial charge is 0.435 e. The van der Waals surface area contributed by atoms with Crippen LogP contribution >= 0.6 is 0 Å². The number of halogens is 4. The first-order valence-corrected chi connectivity index (χ1v) is 10.3. The minimum Gasteiger partial charge on any atom is -0.439 e. The highest BCUT2D eigenvalue weighted by molar-refractivity contribution is 5.93. The fourth-order valence-corrected chi connectivity index (χ4v) is 3.94. The molecule has 0 spiro atoms. The van der Waals surface area contributed by atoms with Crippen molar-refractivity contribution in [2.45, 2.75) is 50.2 Å². The lowest BCUT2D eigenvalue weighted by atomic mass is 9.97. The summed E-state index contributed by atoms with van der Waals surface area (Å²) in [7, 11) is 1.27. The molecule has 1 atom stereocenters. The molecule has 3 aromatic heterocycles. The number of hydrogen-bond acceptors (Lipinski definition) is 5. The van der Waals surface area contributed by atoms with E-state index in [1.165, 1.54) is 7.05 Å². The van der Waals surface area contributed by atoms with Crippen molar-refractivity contribution in [3.8, 4) is 11.5 Å². The highest BCUT2D eigenvalue weighted by Gasteiger charge is 2.36. The number of hydrogen-bond donors (Lipinski definition) is 1. The normalized spacial score (nSPS) is 18.5. The Morgan fingerprint density at radius 3 is 2.72 bits per heavy atom. The van der Waals surface area contributed by atoms with Crippen molar-refractivity contribution in [2.24, 2.45) is 7.05 Å². The summed E-state index contributed by atoms with van der Waals surface area (Å²) in [6, 6.07) is 1.76. The summed E-state index contributed by atoms with van der Waals surface area (Å²) in [6.07, 6.45) is 0.334. The van der Waals surface area contributed by atoms with Gasteiger partial charge in [0, 0.05) is 24.7 Å². The second-order valence-electron chi connectivity index (χ2n) is 8.15. The Bertz CT molecular complexity index is 1200. The number of nitrogens with zero attached hydrogens (tertiary/aromatic N) is 4. The Morgan fingerprint density at radius 2 is 2.03 bits per heavy atom. The summed E-state index contributed by atoms with van der Waals surface area (Å²) in [5.74, 6) is -0.438. The third-order valence-electron chi connectivity index (χ3n) is 5.76. The monoisotopic (exact) mass is 449 g/mol. The van der Waals surface area contributed by atoms with Crippen LogP contribution in [-0.2, 0) is 19.6 Å². The van der Waals surface area contributed by atoms with Gasteiger partial charge in [0.1, 0.15) is 11.5 Å². The van der Waals surface area contributed by atoms with Crippen LogP contribution in [0.5, 0.6) is 0 Å². The van der Waals surface area contributed by atoms with Crippen molar-refractivity contribution in [3.05, 3.63) is 52.7 Å². The Kier molecular flexibility index (Phi) is 4.79. The van der Waals surface area contributed by atoms with Gasteiger partial charge in [-0.25, -0.2) is 9.37 Å². The van der Waals surface area contributed by atoms with Crippen LogP contribution in [0, 0.1) is 5.82 Å². The van der Waals surface area contributed by atoms with Crippen LogP contribution < -0.4 is 5.32 Å². The van der Waals surface area contributed by atoms with Crippen LogP contribution in [0.15, 0.2) is 22.7 Å². The molecule has 5 rings (SSSR count). The number of pyridine rings is 1. The lowest BCUT2D eigenvalue weighted by molar-refractivity contribution is -0.141. The molecule has 168 valence electrons. The van der Waals surface area contributed by atoms with Crippen molar-refractivity contribution in [3.63, 3.8) is 0 Å². The number of alkyl halides is 3. The molecule has 2 aliphatic rings. The van der Waals surface area contributed by atoms with E-state index >= 15 is 0 Å². The van der Waals surface area contributed by atoms with Gasteiger partial charge >= 0.3 is 6.18 Å². The number of amides is 1.